The van der Waals surface area contributed by atoms with Crippen LogP contribution >= 0.6 is 11.3 Å². The maximum absolute atomic E-state index is 11.6. The number of rotatable bonds is 3. The van der Waals surface area contributed by atoms with E-state index in [1.807, 2.05) is 12.1 Å². The van der Waals surface area contributed by atoms with Gasteiger partial charge in [0.15, 0.2) is 0 Å². The molecule has 1 amide bonds. The van der Waals surface area contributed by atoms with Gasteiger partial charge in [-0.05, 0) is 42.5 Å². The molecule has 0 aliphatic heterocycles. The number of thiophene rings is 1. The molecule has 2 aromatic rings. The molecule has 22 heavy (non-hydrogen) atoms. The van der Waals surface area contributed by atoms with Crippen molar-refractivity contribution in [1.29, 1.82) is 5.26 Å². The Morgan fingerprint density at radius 2 is 2.18 bits per heavy atom. The lowest BCUT2D eigenvalue weighted by atomic mass is 9.71. The SMILES string of the molecule is N#CC1(Cc2ccncc2)CCc2c(sc(N)c2C(N)=O)C1. The van der Waals surface area contributed by atoms with Crippen LogP contribution in [0.4, 0.5) is 5.00 Å². The van der Waals surface area contributed by atoms with Crippen LogP contribution in [0, 0.1) is 16.7 Å². The number of primary amides is 1. The van der Waals surface area contributed by atoms with Crippen molar-refractivity contribution >= 4 is 22.2 Å². The summed E-state index contributed by atoms with van der Waals surface area (Å²) in [5.41, 5.74) is 13.4. The number of carbonyl (C=O) groups is 1. The smallest absolute Gasteiger partial charge is 0.251 e. The fourth-order valence-corrected chi connectivity index (χ4v) is 4.42. The van der Waals surface area contributed by atoms with Gasteiger partial charge >= 0.3 is 0 Å². The van der Waals surface area contributed by atoms with E-state index in [1.165, 1.54) is 11.3 Å². The predicted octanol–water partition coefficient (Wildman–Crippen LogP) is 2.07. The largest absolute Gasteiger partial charge is 0.390 e. The van der Waals surface area contributed by atoms with Gasteiger partial charge in [0.1, 0.15) is 0 Å². The second kappa shape index (κ2) is 5.43. The first kappa shape index (κ1) is 14.5. The number of amides is 1. The van der Waals surface area contributed by atoms with Gasteiger partial charge in [-0.15, -0.1) is 11.3 Å². The molecule has 0 spiro atoms. The molecule has 0 bridgehead atoms. The van der Waals surface area contributed by atoms with Crippen molar-refractivity contribution in [2.45, 2.75) is 25.7 Å². The van der Waals surface area contributed by atoms with E-state index in [0.717, 1.165) is 16.0 Å². The van der Waals surface area contributed by atoms with Crippen molar-refractivity contribution in [3.8, 4) is 6.07 Å². The summed E-state index contributed by atoms with van der Waals surface area (Å²) in [6.07, 6.45) is 6.14. The first-order chi connectivity index (χ1) is 10.5. The van der Waals surface area contributed by atoms with Crippen molar-refractivity contribution in [2.75, 3.05) is 5.73 Å². The van der Waals surface area contributed by atoms with Gasteiger partial charge in [0.2, 0.25) is 0 Å². The van der Waals surface area contributed by atoms with Crippen molar-refractivity contribution in [2.24, 2.45) is 11.1 Å². The van der Waals surface area contributed by atoms with Crippen LogP contribution < -0.4 is 11.5 Å². The summed E-state index contributed by atoms with van der Waals surface area (Å²) >= 11 is 1.39. The monoisotopic (exact) mass is 312 g/mol. The number of nitriles is 1. The summed E-state index contributed by atoms with van der Waals surface area (Å²) in [6.45, 7) is 0. The first-order valence-corrected chi connectivity index (χ1v) is 7.86. The molecule has 2 aromatic heterocycles. The van der Waals surface area contributed by atoms with E-state index < -0.39 is 11.3 Å². The third kappa shape index (κ3) is 2.44. The van der Waals surface area contributed by atoms with E-state index in [1.54, 1.807) is 12.4 Å². The molecule has 1 unspecified atom stereocenters. The molecule has 1 aliphatic rings. The second-order valence-corrected chi connectivity index (χ2v) is 6.85. The van der Waals surface area contributed by atoms with Crippen LogP contribution in [-0.2, 0) is 19.3 Å². The summed E-state index contributed by atoms with van der Waals surface area (Å²) in [6, 6.07) is 6.37. The molecule has 0 saturated carbocycles. The van der Waals surface area contributed by atoms with Crippen LogP contribution in [0.5, 0.6) is 0 Å². The Balaban J connectivity index is 1.94. The Bertz CT molecular complexity index is 762. The van der Waals surface area contributed by atoms with Crippen molar-refractivity contribution in [3.05, 3.63) is 46.1 Å². The predicted molar refractivity (Wildman–Crippen MR) is 85.3 cm³/mol. The molecule has 1 aliphatic carbocycles. The lowest BCUT2D eigenvalue weighted by molar-refractivity contribution is 0.1000. The number of carbonyl (C=O) groups excluding carboxylic acids is 1. The molecule has 4 N–H and O–H groups in total. The summed E-state index contributed by atoms with van der Waals surface area (Å²) in [7, 11) is 0. The highest BCUT2D eigenvalue weighted by molar-refractivity contribution is 7.16. The van der Waals surface area contributed by atoms with Gasteiger partial charge in [0.25, 0.3) is 5.91 Å². The van der Waals surface area contributed by atoms with Crippen LogP contribution in [0.1, 0.15) is 32.8 Å². The summed E-state index contributed by atoms with van der Waals surface area (Å²) in [5, 5.41) is 10.2. The van der Waals surface area contributed by atoms with Crippen molar-refractivity contribution in [1.82, 2.24) is 4.98 Å². The highest BCUT2D eigenvalue weighted by Crippen LogP contribution is 2.44. The van der Waals surface area contributed by atoms with Crippen LogP contribution in [0.25, 0.3) is 0 Å². The van der Waals surface area contributed by atoms with Gasteiger partial charge in [-0.2, -0.15) is 5.26 Å². The summed E-state index contributed by atoms with van der Waals surface area (Å²) in [5.74, 6) is -0.478. The third-order valence-electron chi connectivity index (χ3n) is 4.25. The molecular weight excluding hydrogens is 296 g/mol. The topological polar surface area (TPSA) is 106 Å². The average Bonchev–Trinajstić information content (AvgIpc) is 2.83. The van der Waals surface area contributed by atoms with E-state index in [0.29, 0.717) is 36.2 Å². The zero-order valence-corrected chi connectivity index (χ0v) is 12.8. The number of nitrogen functional groups attached to an aromatic ring is 1. The number of nitrogens with two attached hydrogens (primary N) is 2. The standard InChI is InChI=1S/C16H16N4OS/c17-9-16(7-10-2-5-20-6-3-10)4-1-11-12(8-16)22-15(19)13(11)14(18)21/h2-3,5-6H,1,4,7-8,19H2,(H2,18,21). The Morgan fingerprint density at radius 1 is 1.45 bits per heavy atom. The van der Waals surface area contributed by atoms with E-state index in [2.05, 4.69) is 11.1 Å². The zero-order chi connectivity index (χ0) is 15.7. The Labute approximate surface area is 132 Å². The molecule has 0 saturated heterocycles. The Morgan fingerprint density at radius 3 is 2.82 bits per heavy atom. The van der Waals surface area contributed by atoms with E-state index >= 15 is 0 Å². The number of aromatic nitrogens is 1. The Hall–Kier alpha value is -2.39. The van der Waals surface area contributed by atoms with Crippen molar-refractivity contribution < 1.29 is 4.79 Å². The number of anilines is 1. The molecule has 3 rings (SSSR count). The molecule has 6 heteroatoms. The van der Waals surface area contributed by atoms with Crippen LogP contribution in [0.3, 0.4) is 0 Å². The minimum Gasteiger partial charge on any atom is -0.390 e. The van der Waals surface area contributed by atoms with Crippen LogP contribution in [0.15, 0.2) is 24.5 Å². The number of hydrogen-bond donors (Lipinski definition) is 2. The van der Waals surface area contributed by atoms with E-state index in [-0.39, 0.29) is 0 Å². The summed E-state index contributed by atoms with van der Waals surface area (Å²) < 4.78 is 0. The van der Waals surface area contributed by atoms with Crippen LogP contribution in [0.2, 0.25) is 0 Å². The average molecular weight is 312 g/mol. The molecule has 0 aromatic carbocycles. The molecular formula is C16H16N4OS. The number of fused-ring (bicyclic) bond motifs is 1. The maximum atomic E-state index is 11.6. The fraction of sp³-hybridized carbons (Fsp3) is 0.312. The zero-order valence-electron chi connectivity index (χ0n) is 12.0. The van der Waals surface area contributed by atoms with Crippen LogP contribution in [-0.4, -0.2) is 10.9 Å². The normalized spacial score (nSPS) is 20.1. The second-order valence-electron chi connectivity index (χ2n) is 5.71. The van der Waals surface area contributed by atoms with Gasteiger partial charge in [-0.1, -0.05) is 0 Å². The maximum Gasteiger partial charge on any atom is 0.251 e. The van der Waals surface area contributed by atoms with E-state index in [4.69, 9.17) is 11.5 Å². The van der Waals surface area contributed by atoms with Gasteiger partial charge < -0.3 is 11.5 Å². The molecule has 0 fully saturated rings. The molecule has 112 valence electrons. The number of pyridine rings is 1. The number of nitrogens with zero attached hydrogens (tertiary/aromatic N) is 2. The fourth-order valence-electron chi connectivity index (χ4n) is 3.15. The van der Waals surface area contributed by atoms with Crippen molar-refractivity contribution in [3.63, 3.8) is 0 Å². The number of hydrogen-bond acceptors (Lipinski definition) is 5. The molecule has 2 heterocycles. The first-order valence-electron chi connectivity index (χ1n) is 7.05. The lowest BCUT2D eigenvalue weighted by Crippen LogP contribution is -2.30. The molecule has 1 atom stereocenters. The molecule has 0 radical (unpaired) electrons. The van der Waals surface area contributed by atoms with Gasteiger partial charge in [0, 0.05) is 23.7 Å². The summed E-state index contributed by atoms with van der Waals surface area (Å²) in [4.78, 5) is 16.6. The minimum absolute atomic E-state index is 0.454. The lowest BCUT2D eigenvalue weighted by Gasteiger charge is -2.31. The van der Waals surface area contributed by atoms with Gasteiger partial charge in [-0.3, -0.25) is 9.78 Å². The van der Waals surface area contributed by atoms with Gasteiger partial charge in [0.05, 0.1) is 22.0 Å². The van der Waals surface area contributed by atoms with E-state index in [9.17, 15) is 10.1 Å². The minimum atomic E-state index is -0.478. The highest BCUT2D eigenvalue weighted by atomic mass is 32.1. The highest BCUT2D eigenvalue weighted by Gasteiger charge is 2.38. The van der Waals surface area contributed by atoms with Gasteiger partial charge in [-0.25, -0.2) is 0 Å². The molecule has 5 nitrogen and oxygen atoms in total. The quantitative estimate of drug-likeness (QED) is 0.904. The third-order valence-corrected chi connectivity index (χ3v) is 5.31. The Kier molecular flexibility index (Phi) is 3.59.